The van der Waals surface area contributed by atoms with Gasteiger partial charge in [0.1, 0.15) is 17.0 Å². The van der Waals surface area contributed by atoms with Crippen molar-refractivity contribution in [3.05, 3.63) is 54.0 Å². The molecule has 11 nitrogen and oxygen atoms in total. The van der Waals surface area contributed by atoms with Crippen LogP contribution < -0.4 is 16.4 Å². The number of nitrogens with one attached hydrogen (secondary N) is 2. The Morgan fingerprint density at radius 3 is 2.59 bits per heavy atom. The molecule has 1 fully saturated rings. The van der Waals surface area contributed by atoms with Gasteiger partial charge in [-0.3, -0.25) is 14.7 Å². The lowest BCUT2D eigenvalue weighted by Crippen LogP contribution is -2.43. The van der Waals surface area contributed by atoms with Crippen molar-refractivity contribution in [2.24, 2.45) is 12.8 Å². The van der Waals surface area contributed by atoms with Crippen LogP contribution in [0.4, 0.5) is 21.7 Å². The molecule has 0 aliphatic carbocycles. The predicted molar refractivity (Wildman–Crippen MR) is 140 cm³/mol. The van der Waals surface area contributed by atoms with E-state index in [1.165, 1.54) is 6.07 Å². The Bertz CT molecular complexity index is 1460. The number of carbonyl (C=O) groups excluding carboxylic acids is 1. The van der Waals surface area contributed by atoms with Crippen LogP contribution in [-0.4, -0.2) is 80.5 Å². The number of amides is 1. The molecule has 1 aliphatic heterocycles. The fourth-order valence-corrected chi connectivity index (χ4v) is 4.42. The third-order valence-corrected chi connectivity index (χ3v) is 6.55. The summed E-state index contributed by atoms with van der Waals surface area (Å²) in [6.45, 7) is 4.53. The highest BCUT2D eigenvalue weighted by Crippen LogP contribution is 2.32. The lowest BCUT2D eigenvalue weighted by atomic mass is 10.1. The average molecular weight is 505 g/mol. The van der Waals surface area contributed by atoms with Gasteiger partial charge in [0, 0.05) is 53.0 Å². The lowest BCUT2D eigenvalue weighted by Gasteiger charge is -2.32. The van der Waals surface area contributed by atoms with Crippen molar-refractivity contribution in [1.29, 1.82) is 0 Å². The third kappa shape index (κ3) is 4.93. The SMILES string of the molecule is CNc1nc(Nc2ccc(CN3CCN(C)CC3)cc2F)c(C(N)=O)nc1-c1cncc2c1ncn2C. The van der Waals surface area contributed by atoms with Crippen LogP contribution in [0, 0.1) is 5.82 Å². The Balaban J connectivity index is 1.46. The van der Waals surface area contributed by atoms with Crippen molar-refractivity contribution < 1.29 is 9.18 Å². The summed E-state index contributed by atoms with van der Waals surface area (Å²) in [7, 11) is 5.64. The molecule has 5 rings (SSSR count). The van der Waals surface area contributed by atoms with Crippen LogP contribution in [0.25, 0.3) is 22.3 Å². The molecule has 0 radical (unpaired) electrons. The molecular weight excluding hydrogens is 475 g/mol. The number of halogens is 1. The van der Waals surface area contributed by atoms with Gasteiger partial charge in [0.15, 0.2) is 17.3 Å². The molecule has 4 N–H and O–H groups in total. The number of hydrogen-bond donors (Lipinski definition) is 3. The van der Waals surface area contributed by atoms with Gasteiger partial charge in [-0.05, 0) is 24.7 Å². The maximum Gasteiger partial charge on any atom is 0.271 e. The summed E-state index contributed by atoms with van der Waals surface area (Å²) >= 11 is 0. The van der Waals surface area contributed by atoms with E-state index in [1.807, 2.05) is 17.7 Å². The van der Waals surface area contributed by atoms with Gasteiger partial charge in [-0.15, -0.1) is 0 Å². The van der Waals surface area contributed by atoms with Crippen LogP contribution >= 0.6 is 0 Å². The molecule has 4 aromatic rings. The summed E-state index contributed by atoms with van der Waals surface area (Å²) in [6, 6.07) is 5.00. The summed E-state index contributed by atoms with van der Waals surface area (Å²) in [5.74, 6) is -0.847. The number of nitrogens with two attached hydrogens (primary N) is 1. The van der Waals surface area contributed by atoms with Crippen molar-refractivity contribution in [1.82, 2.24) is 34.3 Å². The van der Waals surface area contributed by atoms with Crippen molar-refractivity contribution >= 4 is 34.3 Å². The number of pyridine rings is 1. The summed E-state index contributed by atoms with van der Waals surface area (Å²) in [5, 5.41) is 5.91. The molecule has 1 aromatic carbocycles. The zero-order valence-electron chi connectivity index (χ0n) is 21.0. The Morgan fingerprint density at radius 1 is 1.11 bits per heavy atom. The van der Waals surface area contributed by atoms with E-state index in [4.69, 9.17) is 5.73 Å². The maximum absolute atomic E-state index is 15.1. The minimum atomic E-state index is -0.799. The molecule has 1 amide bonds. The Kier molecular flexibility index (Phi) is 6.68. The number of fused-ring (bicyclic) bond motifs is 1. The van der Waals surface area contributed by atoms with Gasteiger partial charge in [0.05, 0.1) is 29.3 Å². The zero-order valence-corrected chi connectivity index (χ0v) is 21.0. The smallest absolute Gasteiger partial charge is 0.271 e. The lowest BCUT2D eigenvalue weighted by molar-refractivity contribution is 0.0996. The van der Waals surface area contributed by atoms with Crippen LogP contribution in [0.5, 0.6) is 0 Å². The zero-order chi connectivity index (χ0) is 26.1. The summed E-state index contributed by atoms with van der Waals surface area (Å²) in [5.41, 5.74) is 8.97. The van der Waals surface area contributed by atoms with Gasteiger partial charge < -0.3 is 25.8 Å². The van der Waals surface area contributed by atoms with Crippen LogP contribution in [0.2, 0.25) is 0 Å². The van der Waals surface area contributed by atoms with E-state index >= 15 is 4.39 Å². The van der Waals surface area contributed by atoms with Gasteiger partial charge >= 0.3 is 0 Å². The highest BCUT2D eigenvalue weighted by molar-refractivity contribution is 5.99. The monoisotopic (exact) mass is 504 g/mol. The second-order valence-corrected chi connectivity index (χ2v) is 9.16. The van der Waals surface area contributed by atoms with E-state index in [2.05, 4.69) is 47.4 Å². The first-order valence-corrected chi connectivity index (χ1v) is 12.0. The topological polar surface area (TPSA) is 130 Å². The van der Waals surface area contributed by atoms with E-state index in [1.54, 1.807) is 31.8 Å². The Morgan fingerprint density at radius 2 is 1.89 bits per heavy atom. The number of benzene rings is 1. The second-order valence-electron chi connectivity index (χ2n) is 9.16. The summed E-state index contributed by atoms with van der Waals surface area (Å²) in [4.78, 5) is 34.7. The number of aryl methyl sites for hydroxylation is 1. The van der Waals surface area contributed by atoms with Gasteiger partial charge in [-0.25, -0.2) is 19.3 Å². The molecule has 12 heteroatoms. The van der Waals surface area contributed by atoms with Crippen LogP contribution in [0.15, 0.2) is 36.9 Å². The molecule has 1 aliphatic rings. The number of piperazine rings is 1. The largest absolute Gasteiger partial charge is 0.371 e. The highest BCUT2D eigenvalue weighted by atomic mass is 19.1. The minimum absolute atomic E-state index is 0.0486. The van der Waals surface area contributed by atoms with E-state index in [-0.39, 0.29) is 17.2 Å². The first-order valence-electron chi connectivity index (χ1n) is 12.0. The van der Waals surface area contributed by atoms with Crippen LogP contribution in [0.1, 0.15) is 16.1 Å². The van der Waals surface area contributed by atoms with Crippen LogP contribution in [0.3, 0.4) is 0 Å². The second kappa shape index (κ2) is 10.1. The fraction of sp³-hybridized carbons (Fsp3) is 0.320. The molecule has 0 bridgehead atoms. The number of aromatic nitrogens is 5. The van der Waals surface area contributed by atoms with Crippen molar-refractivity contribution in [3.63, 3.8) is 0 Å². The van der Waals surface area contributed by atoms with Crippen molar-refractivity contribution in [3.8, 4) is 11.3 Å². The molecule has 37 heavy (non-hydrogen) atoms. The molecule has 1 saturated heterocycles. The quantitative estimate of drug-likeness (QED) is 0.347. The van der Waals surface area contributed by atoms with Gasteiger partial charge in [0.2, 0.25) is 0 Å². The molecule has 0 spiro atoms. The normalized spacial score (nSPS) is 14.7. The van der Waals surface area contributed by atoms with Crippen molar-refractivity contribution in [2.45, 2.75) is 6.54 Å². The first-order chi connectivity index (χ1) is 17.8. The standard InChI is InChI=1S/C25H29FN10O/c1-28-24-21(16-11-29-12-19-20(16)30-14-35(19)3)32-22(23(27)37)25(33-24)31-18-5-4-15(10-17(18)26)13-36-8-6-34(2)7-9-36/h4-5,10-12,14H,6-9,13H2,1-3H3,(H2,27,37)(H2,28,31,33). The fourth-order valence-electron chi connectivity index (χ4n) is 4.42. The number of nitrogens with zero attached hydrogens (tertiary/aromatic N) is 7. The average Bonchev–Trinajstić information content (AvgIpc) is 3.27. The first kappa shape index (κ1) is 24.5. The molecule has 3 aromatic heterocycles. The van der Waals surface area contributed by atoms with E-state index < -0.39 is 11.7 Å². The van der Waals surface area contributed by atoms with Crippen LogP contribution in [-0.2, 0) is 13.6 Å². The molecule has 0 saturated carbocycles. The number of primary amides is 1. The number of hydrogen-bond acceptors (Lipinski definition) is 9. The molecular formula is C25H29FN10O. The van der Waals surface area contributed by atoms with E-state index in [9.17, 15) is 4.79 Å². The Hall–Kier alpha value is -4.16. The summed E-state index contributed by atoms with van der Waals surface area (Å²) in [6.07, 6.45) is 4.97. The third-order valence-electron chi connectivity index (χ3n) is 6.55. The number of carbonyl (C=O) groups is 1. The van der Waals surface area contributed by atoms with Crippen molar-refractivity contribution in [2.75, 3.05) is 50.9 Å². The molecule has 4 heterocycles. The molecule has 0 atom stereocenters. The number of rotatable bonds is 7. The van der Waals surface area contributed by atoms with Gasteiger partial charge in [0.25, 0.3) is 5.91 Å². The highest BCUT2D eigenvalue weighted by Gasteiger charge is 2.22. The maximum atomic E-state index is 15.1. The number of anilines is 3. The summed E-state index contributed by atoms with van der Waals surface area (Å²) < 4.78 is 16.9. The van der Waals surface area contributed by atoms with Gasteiger partial charge in [-0.2, -0.15) is 0 Å². The van der Waals surface area contributed by atoms with Gasteiger partial charge in [-0.1, -0.05) is 6.07 Å². The molecule has 0 unspecified atom stereocenters. The number of likely N-dealkylation sites (N-methyl/N-ethyl adjacent to an activating group) is 1. The predicted octanol–water partition coefficient (Wildman–Crippen LogP) is 2.20. The Labute approximate surface area is 213 Å². The number of imidazole rings is 1. The van der Waals surface area contributed by atoms with E-state index in [0.717, 1.165) is 37.3 Å². The molecule has 192 valence electrons. The minimum Gasteiger partial charge on any atom is -0.371 e. The van der Waals surface area contributed by atoms with E-state index in [0.29, 0.717) is 29.1 Å².